The van der Waals surface area contributed by atoms with Gasteiger partial charge in [-0.1, -0.05) is 13.3 Å². The minimum absolute atomic E-state index is 0.722. The lowest BCUT2D eigenvalue weighted by molar-refractivity contribution is -0.858. The van der Waals surface area contributed by atoms with E-state index in [0.717, 1.165) is 6.04 Å². The maximum Gasteiger partial charge on any atom is 0.0604 e. The van der Waals surface area contributed by atoms with Crippen LogP contribution < -0.4 is 4.90 Å². The molecule has 0 saturated carbocycles. The summed E-state index contributed by atoms with van der Waals surface area (Å²) >= 11 is 0. The molecule has 50 valence electrons. The van der Waals surface area contributed by atoms with Crippen LogP contribution in [0.2, 0.25) is 0 Å². The summed E-state index contributed by atoms with van der Waals surface area (Å²) in [7, 11) is 5.97. The van der Waals surface area contributed by atoms with Crippen LogP contribution in [0.1, 0.15) is 26.7 Å². The van der Waals surface area contributed by atoms with E-state index in [4.69, 9.17) is 0 Å². The predicted molar refractivity (Wildman–Crippen MR) is 36.6 cm³/mol. The van der Waals surface area contributed by atoms with Crippen LogP contribution in [0.15, 0.2) is 0 Å². The number of quaternary nitrogens is 1. The molecule has 0 fully saturated rings. The molecule has 2 unspecified atom stereocenters. The molecule has 0 aliphatic heterocycles. The van der Waals surface area contributed by atoms with Gasteiger partial charge in [-0.05, 0) is 13.3 Å². The molecule has 8 heavy (non-hydrogen) atoms. The first-order valence-electron chi connectivity index (χ1n) is 3.33. The minimum atomic E-state index is 0.722. The van der Waals surface area contributed by atoms with E-state index in [-0.39, 0.29) is 0 Å². The molecule has 0 aromatic heterocycles. The maximum atomic E-state index is 3.87. The van der Waals surface area contributed by atoms with Crippen molar-refractivity contribution in [3.05, 3.63) is 7.05 Å². The Morgan fingerprint density at radius 2 is 2.12 bits per heavy atom. The van der Waals surface area contributed by atoms with Gasteiger partial charge in [-0.25, -0.2) is 0 Å². The Morgan fingerprint density at radius 1 is 1.62 bits per heavy atom. The first kappa shape index (κ1) is 7.96. The molecular formula is C7H17N. The molecule has 0 aromatic carbocycles. The van der Waals surface area contributed by atoms with Crippen molar-refractivity contribution in [3.8, 4) is 0 Å². The molecule has 1 nitrogen and oxygen atoms in total. The van der Waals surface area contributed by atoms with Crippen molar-refractivity contribution in [1.82, 2.24) is 0 Å². The maximum absolute atomic E-state index is 3.87. The van der Waals surface area contributed by atoms with Gasteiger partial charge in [0, 0.05) is 7.05 Å². The quantitative estimate of drug-likeness (QED) is 0.510. The van der Waals surface area contributed by atoms with Gasteiger partial charge >= 0.3 is 0 Å². The Hall–Kier alpha value is -0.0400. The molecule has 0 amide bonds. The third kappa shape index (κ3) is 3.03. The normalized spacial score (nSPS) is 18.0. The summed E-state index contributed by atoms with van der Waals surface area (Å²) < 4.78 is 0. The standard InChI is InChI=1S/C7H17N/c1-5-6-7(2)8(3)4/h7-8H,3,5-6H2,1-2,4H3. The van der Waals surface area contributed by atoms with Gasteiger partial charge in [-0.3, -0.25) is 0 Å². The SMILES string of the molecule is [CH2-][NH+](C)C(C)CCC. The molecule has 0 aliphatic carbocycles. The topological polar surface area (TPSA) is 4.44 Å². The largest absolute Gasteiger partial charge is 0.468 e. The summed E-state index contributed by atoms with van der Waals surface area (Å²) in [5, 5.41) is 0. The molecule has 1 N–H and O–H groups in total. The van der Waals surface area contributed by atoms with E-state index in [1.807, 2.05) is 0 Å². The van der Waals surface area contributed by atoms with E-state index in [0.29, 0.717) is 0 Å². The highest BCUT2D eigenvalue weighted by Crippen LogP contribution is 1.88. The number of hydrogen-bond donors (Lipinski definition) is 1. The average Bonchev–Trinajstić information content (AvgIpc) is 1.67. The molecule has 0 heterocycles. The summed E-state index contributed by atoms with van der Waals surface area (Å²) in [6, 6.07) is 0.722. The van der Waals surface area contributed by atoms with Gasteiger partial charge in [0.2, 0.25) is 0 Å². The van der Waals surface area contributed by atoms with Gasteiger partial charge < -0.3 is 4.90 Å². The highest BCUT2D eigenvalue weighted by molar-refractivity contribution is 4.42. The predicted octanol–water partition coefficient (Wildman–Crippen LogP) is 0.481. The summed E-state index contributed by atoms with van der Waals surface area (Å²) in [5.41, 5.74) is 0. The van der Waals surface area contributed by atoms with Gasteiger partial charge in [0.1, 0.15) is 0 Å². The van der Waals surface area contributed by atoms with Crippen LogP contribution in [-0.4, -0.2) is 13.1 Å². The highest BCUT2D eigenvalue weighted by atomic mass is 15.1. The van der Waals surface area contributed by atoms with Crippen molar-refractivity contribution in [2.75, 3.05) is 7.05 Å². The second-order valence-corrected chi connectivity index (χ2v) is 2.54. The van der Waals surface area contributed by atoms with Crippen LogP contribution in [0.5, 0.6) is 0 Å². The third-order valence-electron chi connectivity index (χ3n) is 1.56. The van der Waals surface area contributed by atoms with Crippen molar-refractivity contribution in [3.63, 3.8) is 0 Å². The molecule has 0 rings (SSSR count). The zero-order valence-corrected chi connectivity index (χ0v) is 6.20. The first-order chi connectivity index (χ1) is 3.68. The highest BCUT2D eigenvalue weighted by Gasteiger charge is 1.99. The molecule has 0 aromatic rings. The summed E-state index contributed by atoms with van der Waals surface area (Å²) in [5.74, 6) is 0. The molecule has 0 aliphatic rings. The Balaban J connectivity index is 3.17. The van der Waals surface area contributed by atoms with E-state index in [2.05, 4.69) is 27.9 Å². The molecule has 0 spiro atoms. The van der Waals surface area contributed by atoms with Gasteiger partial charge in [-0.15, -0.1) is 0 Å². The van der Waals surface area contributed by atoms with Crippen molar-refractivity contribution in [1.29, 1.82) is 0 Å². The Labute approximate surface area is 52.7 Å². The van der Waals surface area contributed by atoms with E-state index in [9.17, 15) is 0 Å². The first-order valence-corrected chi connectivity index (χ1v) is 3.33. The fourth-order valence-electron chi connectivity index (χ4n) is 0.679. The van der Waals surface area contributed by atoms with Gasteiger partial charge in [0.15, 0.2) is 0 Å². The van der Waals surface area contributed by atoms with Crippen LogP contribution in [0.4, 0.5) is 0 Å². The Morgan fingerprint density at radius 3 is 2.25 bits per heavy atom. The summed E-state index contributed by atoms with van der Waals surface area (Å²) in [6.45, 7) is 4.44. The second kappa shape index (κ2) is 3.90. The van der Waals surface area contributed by atoms with Crippen LogP contribution in [-0.2, 0) is 0 Å². The fraction of sp³-hybridized carbons (Fsp3) is 0.857. The van der Waals surface area contributed by atoms with E-state index >= 15 is 0 Å². The van der Waals surface area contributed by atoms with Gasteiger partial charge in [0.25, 0.3) is 0 Å². The smallest absolute Gasteiger partial charge is 0.0604 e. The molecular weight excluding hydrogens is 98.1 g/mol. The van der Waals surface area contributed by atoms with Gasteiger partial charge in [-0.2, -0.15) is 7.05 Å². The summed E-state index contributed by atoms with van der Waals surface area (Å²) in [6.07, 6.45) is 2.56. The van der Waals surface area contributed by atoms with Gasteiger partial charge in [0.05, 0.1) is 6.04 Å². The third-order valence-corrected chi connectivity index (χ3v) is 1.56. The zero-order chi connectivity index (χ0) is 6.57. The molecule has 0 radical (unpaired) electrons. The van der Waals surface area contributed by atoms with Crippen molar-refractivity contribution < 1.29 is 4.90 Å². The van der Waals surface area contributed by atoms with Crippen LogP contribution in [0.25, 0.3) is 0 Å². The Bertz CT molecular complexity index is 50.3. The van der Waals surface area contributed by atoms with Crippen molar-refractivity contribution in [2.24, 2.45) is 0 Å². The second-order valence-electron chi connectivity index (χ2n) is 2.54. The average molecular weight is 115 g/mol. The number of rotatable bonds is 3. The molecule has 2 atom stereocenters. The van der Waals surface area contributed by atoms with E-state index in [1.54, 1.807) is 0 Å². The number of nitrogens with one attached hydrogen (secondary N) is 1. The van der Waals surface area contributed by atoms with Crippen LogP contribution >= 0.6 is 0 Å². The van der Waals surface area contributed by atoms with Crippen LogP contribution in [0, 0.1) is 7.05 Å². The molecule has 0 saturated heterocycles. The molecule has 0 bridgehead atoms. The molecule has 1 heteroatoms. The van der Waals surface area contributed by atoms with E-state index < -0.39 is 0 Å². The Kier molecular flexibility index (Phi) is 3.88. The lowest BCUT2D eigenvalue weighted by Crippen LogP contribution is -3.07. The minimum Gasteiger partial charge on any atom is -0.468 e. The lowest BCUT2D eigenvalue weighted by atomic mass is 10.2. The zero-order valence-electron chi connectivity index (χ0n) is 6.20. The monoisotopic (exact) mass is 115 g/mol. The van der Waals surface area contributed by atoms with Crippen molar-refractivity contribution in [2.45, 2.75) is 32.7 Å². The van der Waals surface area contributed by atoms with Crippen molar-refractivity contribution >= 4 is 0 Å². The van der Waals surface area contributed by atoms with Crippen LogP contribution in [0.3, 0.4) is 0 Å². The summed E-state index contributed by atoms with van der Waals surface area (Å²) in [4.78, 5) is 1.31. The number of hydrogen-bond acceptors (Lipinski definition) is 0. The lowest BCUT2D eigenvalue weighted by Gasteiger charge is -2.22. The fourth-order valence-corrected chi connectivity index (χ4v) is 0.679. The van der Waals surface area contributed by atoms with E-state index in [1.165, 1.54) is 17.7 Å².